The number of pyridine rings is 1. The molecule has 9 nitrogen and oxygen atoms in total. The quantitative estimate of drug-likeness (QED) is 0.227. The van der Waals surface area contributed by atoms with Gasteiger partial charge in [-0.2, -0.15) is 0 Å². The van der Waals surface area contributed by atoms with Crippen molar-refractivity contribution in [2.75, 3.05) is 19.8 Å². The first-order valence-corrected chi connectivity index (χ1v) is 15.0. The van der Waals surface area contributed by atoms with Gasteiger partial charge in [-0.15, -0.1) is 0 Å². The lowest BCUT2D eigenvalue weighted by Crippen LogP contribution is -2.33. The minimum absolute atomic E-state index is 0.0143. The zero-order chi connectivity index (χ0) is 30.7. The lowest BCUT2D eigenvalue weighted by Gasteiger charge is -2.27. The summed E-state index contributed by atoms with van der Waals surface area (Å²) in [7, 11) is 0. The maximum atomic E-state index is 15.8. The van der Waals surface area contributed by atoms with Gasteiger partial charge < -0.3 is 28.6 Å². The van der Waals surface area contributed by atoms with E-state index < -0.39 is 11.8 Å². The Morgan fingerprint density at radius 3 is 2.64 bits per heavy atom. The molecule has 0 spiro atoms. The van der Waals surface area contributed by atoms with E-state index in [1.165, 1.54) is 12.1 Å². The van der Waals surface area contributed by atoms with Gasteiger partial charge in [0.1, 0.15) is 17.3 Å². The zero-order valence-corrected chi connectivity index (χ0v) is 24.5. The number of carbonyl (C=O) groups is 1. The summed E-state index contributed by atoms with van der Waals surface area (Å²) in [6, 6.07) is 19.5. The first kappa shape index (κ1) is 27.7. The molecule has 0 aliphatic carbocycles. The van der Waals surface area contributed by atoms with E-state index in [4.69, 9.17) is 23.9 Å². The van der Waals surface area contributed by atoms with E-state index in [1.54, 1.807) is 18.2 Å². The third-order valence-corrected chi connectivity index (χ3v) is 8.91. The second-order valence-electron chi connectivity index (χ2n) is 11.9. The Balaban J connectivity index is 1.07. The first-order valence-electron chi connectivity index (χ1n) is 15.0. The molecule has 0 bridgehead atoms. The Kier molecular flexibility index (Phi) is 6.58. The summed E-state index contributed by atoms with van der Waals surface area (Å²) in [5, 5.41) is 9.53. The standard InChI is InChI=1S/C35H30FN3O6/c1-35(31-10-8-23(16-37-31)24-18-42-19-24)44-30-4-2-3-26(33(30)45-35)20-5-6-21(27(36)13-20)15-32-38-28-9-7-22(34(40)41)14-29(28)39(32)17-25-11-12-43-25/h2-10,13-14,16,24-25H,11-12,15,17-19H2,1H3,(H,40,41)/t25-,35-/m0/s1. The van der Waals surface area contributed by atoms with E-state index in [9.17, 15) is 9.90 Å². The van der Waals surface area contributed by atoms with E-state index in [2.05, 4.69) is 4.98 Å². The Hall–Kier alpha value is -4.80. The van der Waals surface area contributed by atoms with Gasteiger partial charge >= 0.3 is 5.97 Å². The number of fused-ring (bicyclic) bond motifs is 2. The summed E-state index contributed by atoms with van der Waals surface area (Å²) in [5.74, 6) is -0.419. The first-order chi connectivity index (χ1) is 21.8. The van der Waals surface area contributed by atoms with Gasteiger partial charge in [0.25, 0.3) is 5.79 Å². The molecule has 0 unspecified atom stereocenters. The number of halogens is 1. The third-order valence-electron chi connectivity index (χ3n) is 8.91. The summed E-state index contributed by atoms with van der Waals surface area (Å²) in [4.78, 5) is 21.0. The number of hydrogen-bond acceptors (Lipinski definition) is 7. The predicted octanol–water partition coefficient (Wildman–Crippen LogP) is 6.07. The number of aromatic carboxylic acids is 1. The van der Waals surface area contributed by atoms with Crippen LogP contribution in [0.5, 0.6) is 11.5 Å². The van der Waals surface area contributed by atoms with Crippen molar-refractivity contribution < 1.29 is 33.2 Å². The van der Waals surface area contributed by atoms with E-state index >= 15 is 4.39 Å². The van der Waals surface area contributed by atoms with E-state index in [0.717, 1.165) is 12.0 Å². The number of hydrogen-bond donors (Lipinski definition) is 1. The highest BCUT2D eigenvalue weighted by Gasteiger charge is 2.41. The van der Waals surface area contributed by atoms with Crippen LogP contribution in [0.25, 0.3) is 22.2 Å². The third kappa shape index (κ3) is 4.90. The van der Waals surface area contributed by atoms with Crippen molar-refractivity contribution in [1.82, 2.24) is 14.5 Å². The molecule has 2 aromatic heterocycles. The molecule has 5 aromatic rings. The summed E-state index contributed by atoms with van der Waals surface area (Å²) in [5.41, 5.74) is 5.12. The summed E-state index contributed by atoms with van der Waals surface area (Å²) in [6.45, 7) is 4.46. The molecule has 0 saturated carbocycles. The molecule has 1 N–H and O–H groups in total. The van der Waals surface area contributed by atoms with Crippen molar-refractivity contribution in [2.24, 2.45) is 0 Å². The highest BCUT2D eigenvalue weighted by molar-refractivity contribution is 5.92. The number of aromatic nitrogens is 3. The number of imidazole rings is 1. The van der Waals surface area contributed by atoms with Crippen LogP contribution in [0, 0.1) is 5.82 Å². The van der Waals surface area contributed by atoms with Crippen LogP contribution < -0.4 is 9.47 Å². The van der Waals surface area contributed by atoms with Crippen LogP contribution >= 0.6 is 0 Å². The van der Waals surface area contributed by atoms with Crippen molar-refractivity contribution in [1.29, 1.82) is 0 Å². The van der Waals surface area contributed by atoms with Crippen LogP contribution in [0.15, 0.2) is 72.9 Å². The molecule has 5 heterocycles. The molecule has 2 fully saturated rings. The normalized spacial score (nSPS) is 20.6. The van der Waals surface area contributed by atoms with Gasteiger partial charge in [-0.05, 0) is 59.5 Å². The number of ether oxygens (including phenoxy) is 4. The smallest absolute Gasteiger partial charge is 0.335 e. The monoisotopic (exact) mass is 607 g/mol. The largest absolute Gasteiger partial charge is 0.478 e. The topological polar surface area (TPSA) is 105 Å². The fourth-order valence-corrected chi connectivity index (χ4v) is 6.11. The SMILES string of the molecule is C[C@]1(c2ccc(C3COC3)cn2)Oc2cccc(-c3ccc(Cc4nc5ccc(C(=O)O)cc5n4C[C@@H]4CCO4)c(F)c3)c2O1. The number of para-hydroxylation sites is 1. The molecule has 3 aliphatic heterocycles. The molecule has 2 saturated heterocycles. The Labute approximate surface area is 258 Å². The van der Waals surface area contributed by atoms with E-state index in [0.29, 0.717) is 83.0 Å². The van der Waals surface area contributed by atoms with Crippen LogP contribution in [-0.2, 0) is 28.2 Å². The van der Waals surface area contributed by atoms with Gasteiger partial charge in [0.15, 0.2) is 11.5 Å². The molecule has 2 atom stereocenters. The van der Waals surface area contributed by atoms with Crippen LogP contribution in [0.4, 0.5) is 4.39 Å². The van der Waals surface area contributed by atoms with Crippen LogP contribution in [0.2, 0.25) is 0 Å². The molecular formula is C35H30FN3O6. The predicted molar refractivity (Wildman–Crippen MR) is 162 cm³/mol. The second-order valence-corrected chi connectivity index (χ2v) is 11.9. The van der Waals surface area contributed by atoms with Gasteiger partial charge in [0, 0.05) is 37.6 Å². The number of nitrogens with zero attached hydrogens (tertiary/aromatic N) is 3. The maximum absolute atomic E-state index is 15.8. The minimum atomic E-state index is -1.13. The van der Waals surface area contributed by atoms with Crippen LogP contribution in [-0.4, -0.2) is 51.5 Å². The molecule has 3 aliphatic rings. The van der Waals surface area contributed by atoms with Gasteiger partial charge in [-0.1, -0.05) is 30.3 Å². The average molecular weight is 608 g/mol. The van der Waals surface area contributed by atoms with Crippen LogP contribution in [0.3, 0.4) is 0 Å². The fraction of sp³-hybridized carbons (Fsp3) is 0.286. The van der Waals surface area contributed by atoms with Crippen LogP contribution in [0.1, 0.15) is 52.3 Å². The van der Waals surface area contributed by atoms with E-state index in [1.807, 2.05) is 54.1 Å². The van der Waals surface area contributed by atoms with Crippen molar-refractivity contribution in [3.8, 4) is 22.6 Å². The number of carboxylic acids is 1. The molecular weight excluding hydrogens is 577 g/mol. The van der Waals surface area contributed by atoms with E-state index in [-0.39, 0.29) is 23.9 Å². The van der Waals surface area contributed by atoms with Crippen molar-refractivity contribution in [3.63, 3.8) is 0 Å². The summed E-state index contributed by atoms with van der Waals surface area (Å²) >= 11 is 0. The molecule has 10 heteroatoms. The van der Waals surface area contributed by atoms with Crippen molar-refractivity contribution in [3.05, 3.63) is 107 Å². The Morgan fingerprint density at radius 1 is 1.09 bits per heavy atom. The Morgan fingerprint density at radius 2 is 1.96 bits per heavy atom. The second kappa shape index (κ2) is 10.7. The number of carboxylic acid groups (broad SMARTS) is 1. The van der Waals surface area contributed by atoms with Gasteiger partial charge in [0.05, 0.1) is 42.5 Å². The summed E-state index contributed by atoms with van der Waals surface area (Å²) in [6.07, 6.45) is 3.00. The van der Waals surface area contributed by atoms with Gasteiger partial charge in [-0.25, -0.2) is 14.2 Å². The molecule has 8 rings (SSSR count). The molecule has 45 heavy (non-hydrogen) atoms. The molecule has 228 valence electrons. The van der Waals surface area contributed by atoms with Crippen molar-refractivity contribution in [2.45, 2.75) is 44.1 Å². The fourth-order valence-electron chi connectivity index (χ4n) is 6.11. The van der Waals surface area contributed by atoms with Crippen molar-refractivity contribution >= 4 is 17.0 Å². The highest BCUT2D eigenvalue weighted by atomic mass is 19.1. The van der Waals surface area contributed by atoms with Gasteiger partial charge in [0.2, 0.25) is 0 Å². The number of benzene rings is 3. The molecule has 0 radical (unpaired) electrons. The summed E-state index contributed by atoms with van der Waals surface area (Å²) < 4.78 is 41.4. The lowest BCUT2D eigenvalue weighted by atomic mass is 9.99. The minimum Gasteiger partial charge on any atom is -0.478 e. The highest BCUT2D eigenvalue weighted by Crippen LogP contribution is 2.49. The molecule has 0 amide bonds. The zero-order valence-electron chi connectivity index (χ0n) is 24.5. The lowest BCUT2D eigenvalue weighted by molar-refractivity contribution is -0.0716. The maximum Gasteiger partial charge on any atom is 0.335 e. The average Bonchev–Trinajstić information content (AvgIpc) is 3.51. The number of rotatable bonds is 8. The molecule has 3 aromatic carbocycles. The van der Waals surface area contributed by atoms with Gasteiger partial charge in [-0.3, -0.25) is 4.98 Å². The Bertz CT molecular complexity index is 1950.